The molecule has 0 aromatic heterocycles. The number of hydrogen-bond donors (Lipinski definition) is 1. The van der Waals surface area contributed by atoms with Gasteiger partial charge in [0.2, 0.25) is 5.91 Å². The van der Waals surface area contributed by atoms with E-state index in [1.807, 2.05) is 85.8 Å². The van der Waals surface area contributed by atoms with Gasteiger partial charge >= 0.3 is 0 Å². The molecule has 1 aliphatic rings. The molecule has 0 aliphatic heterocycles. The van der Waals surface area contributed by atoms with Crippen LogP contribution in [0, 0.1) is 12.8 Å². The van der Waals surface area contributed by atoms with E-state index in [2.05, 4.69) is 5.32 Å². The molecule has 2 unspecified atom stereocenters. The zero-order valence-electron chi connectivity index (χ0n) is 17.7. The molecule has 1 amide bonds. The highest BCUT2D eigenvalue weighted by atomic mass is 16.5. The van der Waals surface area contributed by atoms with E-state index in [0.717, 1.165) is 33.7 Å². The molecule has 3 aromatic carbocycles. The molecule has 31 heavy (non-hydrogen) atoms. The van der Waals surface area contributed by atoms with Gasteiger partial charge in [-0.3, -0.25) is 9.59 Å². The standard InChI is InChI=1S/C27H25NO3/c1-18-8-6-7-11-24(18)28-27(30)26-23(20-9-4-3-5-10-20)16-21(17-25(26)29)19-12-14-22(31-2)15-13-19/h3-15,17,23,26H,16H2,1-2H3,(H,28,30). The minimum Gasteiger partial charge on any atom is -0.497 e. The molecule has 4 rings (SSSR count). The molecule has 0 saturated heterocycles. The van der Waals surface area contributed by atoms with Crippen LogP contribution in [0.4, 0.5) is 5.69 Å². The molecule has 0 radical (unpaired) electrons. The second kappa shape index (κ2) is 9.00. The lowest BCUT2D eigenvalue weighted by Crippen LogP contribution is -2.36. The van der Waals surface area contributed by atoms with Gasteiger partial charge in [0.05, 0.1) is 7.11 Å². The fraction of sp³-hybridized carbons (Fsp3) is 0.185. The van der Waals surface area contributed by atoms with Gasteiger partial charge in [-0.05, 0) is 59.9 Å². The average molecular weight is 412 g/mol. The number of ether oxygens (including phenoxy) is 1. The number of methoxy groups -OCH3 is 1. The number of nitrogens with one attached hydrogen (secondary N) is 1. The Morgan fingerprint density at radius 1 is 0.935 bits per heavy atom. The maximum absolute atomic E-state index is 13.3. The van der Waals surface area contributed by atoms with Crippen molar-refractivity contribution < 1.29 is 14.3 Å². The number of ketones is 1. The molecule has 0 bridgehead atoms. The molecule has 0 saturated carbocycles. The number of aryl methyl sites for hydroxylation is 1. The second-order valence-corrected chi connectivity index (χ2v) is 7.80. The van der Waals surface area contributed by atoms with Gasteiger partial charge in [0, 0.05) is 11.6 Å². The number of anilines is 1. The highest BCUT2D eigenvalue weighted by Crippen LogP contribution is 2.40. The van der Waals surface area contributed by atoms with Gasteiger partial charge in [0.15, 0.2) is 5.78 Å². The number of rotatable bonds is 5. The van der Waals surface area contributed by atoms with Gasteiger partial charge in [-0.25, -0.2) is 0 Å². The third-order valence-electron chi connectivity index (χ3n) is 5.84. The van der Waals surface area contributed by atoms with E-state index in [-0.39, 0.29) is 17.6 Å². The molecule has 0 spiro atoms. The van der Waals surface area contributed by atoms with E-state index in [9.17, 15) is 9.59 Å². The zero-order chi connectivity index (χ0) is 21.8. The number of allylic oxidation sites excluding steroid dienone is 2. The van der Waals surface area contributed by atoms with Crippen molar-refractivity contribution in [1.82, 2.24) is 0 Å². The summed E-state index contributed by atoms with van der Waals surface area (Å²) in [7, 11) is 1.63. The van der Waals surface area contributed by atoms with Crippen molar-refractivity contribution in [3.8, 4) is 5.75 Å². The predicted octanol–water partition coefficient (Wildman–Crippen LogP) is 5.40. The number of hydrogen-bond acceptors (Lipinski definition) is 3. The number of carbonyl (C=O) groups is 2. The quantitative estimate of drug-likeness (QED) is 0.572. The molecular formula is C27H25NO3. The lowest BCUT2D eigenvalue weighted by Gasteiger charge is -2.30. The van der Waals surface area contributed by atoms with Gasteiger partial charge < -0.3 is 10.1 Å². The van der Waals surface area contributed by atoms with Crippen LogP contribution in [0.5, 0.6) is 5.75 Å². The van der Waals surface area contributed by atoms with E-state index in [1.165, 1.54) is 0 Å². The summed E-state index contributed by atoms with van der Waals surface area (Å²) in [5, 5.41) is 2.97. The van der Waals surface area contributed by atoms with E-state index in [1.54, 1.807) is 13.2 Å². The molecule has 2 atom stereocenters. The molecule has 4 nitrogen and oxygen atoms in total. The third-order valence-corrected chi connectivity index (χ3v) is 5.84. The Bertz CT molecular complexity index is 1120. The second-order valence-electron chi connectivity index (χ2n) is 7.80. The summed E-state index contributed by atoms with van der Waals surface area (Å²) in [5.41, 5.74) is 4.58. The summed E-state index contributed by atoms with van der Waals surface area (Å²) in [4.78, 5) is 26.5. The summed E-state index contributed by atoms with van der Waals surface area (Å²) in [6.07, 6.45) is 2.23. The molecule has 156 valence electrons. The van der Waals surface area contributed by atoms with E-state index < -0.39 is 5.92 Å². The van der Waals surface area contributed by atoms with Crippen molar-refractivity contribution >= 4 is 23.0 Å². The van der Waals surface area contributed by atoms with Crippen molar-refractivity contribution in [1.29, 1.82) is 0 Å². The van der Waals surface area contributed by atoms with Crippen LogP contribution in [0.15, 0.2) is 84.9 Å². The summed E-state index contributed by atoms with van der Waals surface area (Å²) in [6.45, 7) is 1.94. The molecule has 0 fully saturated rings. The van der Waals surface area contributed by atoms with Gasteiger partial charge in [0.25, 0.3) is 0 Å². The Balaban J connectivity index is 1.69. The summed E-state index contributed by atoms with van der Waals surface area (Å²) in [6, 6.07) is 25.1. The third kappa shape index (κ3) is 4.43. The number of carbonyl (C=O) groups excluding carboxylic acids is 2. The minimum absolute atomic E-state index is 0.169. The summed E-state index contributed by atoms with van der Waals surface area (Å²) in [5.74, 6) is -0.680. The van der Waals surface area contributed by atoms with Crippen molar-refractivity contribution in [2.24, 2.45) is 5.92 Å². The fourth-order valence-electron chi connectivity index (χ4n) is 4.13. The van der Waals surface area contributed by atoms with Gasteiger partial charge in [-0.2, -0.15) is 0 Å². The Morgan fingerprint density at radius 3 is 2.29 bits per heavy atom. The first kappa shape index (κ1) is 20.6. The normalized spacial score (nSPS) is 18.3. The van der Waals surface area contributed by atoms with Crippen LogP contribution in [-0.4, -0.2) is 18.8 Å². The van der Waals surface area contributed by atoms with Crippen LogP contribution in [0.1, 0.15) is 29.0 Å². The number of benzene rings is 3. The smallest absolute Gasteiger partial charge is 0.235 e. The lowest BCUT2D eigenvalue weighted by atomic mass is 9.73. The number of para-hydroxylation sites is 1. The van der Waals surface area contributed by atoms with Crippen LogP contribution in [0.25, 0.3) is 5.57 Å². The highest BCUT2D eigenvalue weighted by molar-refractivity contribution is 6.15. The largest absolute Gasteiger partial charge is 0.497 e. The molecule has 4 heteroatoms. The Kier molecular flexibility index (Phi) is 5.99. The van der Waals surface area contributed by atoms with Crippen molar-refractivity contribution in [3.05, 3.63) is 102 Å². The van der Waals surface area contributed by atoms with Gasteiger partial charge in [-0.15, -0.1) is 0 Å². The molecule has 3 aromatic rings. The first-order chi connectivity index (χ1) is 15.1. The molecule has 1 aliphatic carbocycles. The molecular weight excluding hydrogens is 386 g/mol. The fourth-order valence-corrected chi connectivity index (χ4v) is 4.13. The Hall–Kier alpha value is -3.66. The Morgan fingerprint density at radius 2 is 1.61 bits per heavy atom. The first-order valence-corrected chi connectivity index (χ1v) is 10.4. The van der Waals surface area contributed by atoms with Gasteiger partial charge in [-0.1, -0.05) is 60.7 Å². The summed E-state index contributed by atoms with van der Waals surface area (Å²) < 4.78 is 5.24. The average Bonchev–Trinajstić information content (AvgIpc) is 2.80. The topological polar surface area (TPSA) is 55.4 Å². The molecule has 0 heterocycles. The maximum atomic E-state index is 13.3. The van der Waals surface area contributed by atoms with Crippen molar-refractivity contribution in [2.75, 3.05) is 12.4 Å². The van der Waals surface area contributed by atoms with Crippen LogP contribution >= 0.6 is 0 Å². The molecule has 1 N–H and O–H groups in total. The van der Waals surface area contributed by atoms with E-state index in [0.29, 0.717) is 6.42 Å². The van der Waals surface area contributed by atoms with Crippen molar-refractivity contribution in [3.63, 3.8) is 0 Å². The van der Waals surface area contributed by atoms with Crippen LogP contribution in [0.2, 0.25) is 0 Å². The zero-order valence-corrected chi connectivity index (χ0v) is 17.7. The van der Waals surface area contributed by atoms with E-state index >= 15 is 0 Å². The summed E-state index contributed by atoms with van der Waals surface area (Å²) >= 11 is 0. The number of amides is 1. The first-order valence-electron chi connectivity index (χ1n) is 10.4. The monoisotopic (exact) mass is 411 g/mol. The Labute approximate surface area is 182 Å². The van der Waals surface area contributed by atoms with Gasteiger partial charge in [0.1, 0.15) is 11.7 Å². The SMILES string of the molecule is COc1ccc(C2=CC(=O)C(C(=O)Nc3ccccc3C)C(c3ccccc3)C2)cc1. The van der Waals surface area contributed by atoms with Crippen molar-refractivity contribution in [2.45, 2.75) is 19.3 Å². The van der Waals surface area contributed by atoms with E-state index in [4.69, 9.17) is 4.74 Å². The highest BCUT2D eigenvalue weighted by Gasteiger charge is 2.38. The van der Waals surface area contributed by atoms with Crippen LogP contribution in [0.3, 0.4) is 0 Å². The lowest BCUT2D eigenvalue weighted by molar-refractivity contribution is -0.129. The van der Waals surface area contributed by atoms with Crippen LogP contribution in [-0.2, 0) is 9.59 Å². The van der Waals surface area contributed by atoms with Crippen LogP contribution < -0.4 is 10.1 Å². The predicted molar refractivity (Wildman–Crippen MR) is 123 cm³/mol. The minimum atomic E-state index is -0.774. The maximum Gasteiger partial charge on any atom is 0.235 e.